The van der Waals surface area contributed by atoms with Gasteiger partial charge in [-0.1, -0.05) is 0 Å². The van der Waals surface area contributed by atoms with Gasteiger partial charge < -0.3 is 20.1 Å². The van der Waals surface area contributed by atoms with E-state index in [4.69, 9.17) is 9.47 Å². The monoisotopic (exact) mass is 224 g/mol. The Hall–Kier alpha value is -1.40. The number of hydrogen-bond acceptors (Lipinski definition) is 6. The Bertz CT molecular complexity index is 347. The summed E-state index contributed by atoms with van der Waals surface area (Å²) in [4.78, 5) is 8.33. The summed E-state index contributed by atoms with van der Waals surface area (Å²) in [5.41, 5.74) is 0. The molecule has 0 bridgehead atoms. The summed E-state index contributed by atoms with van der Waals surface area (Å²) in [7, 11) is 3.29. The molecular formula is C10H16N4O2. The molecule has 2 rings (SSSR count). The molecule has 1 aliphatic heterocycles. The quantitative estimate of drug-likeness (QED) is 0.743. The molecule has 1 aromatic rings. The average molecular weight is 224 g/mol. The zero-order valence-corrected chi connectivity index (χ0v) is 9.43. The molecule has 6 heteroatoms. The van der Waals surface area contributed by atoms with Crippen LogP contribution in [-0.2, 0) is 4.74 Å². The third-order valence-corrected chi connectivity index (χ3v) is 2.61. The van der Waals surface area contributed by atoms with Crippen molar-refractivity contribution in [2.24, 2.45) is 0 Å². The fourth-order valence-corrected chi connectivity index (χ4v) is 1.74. The molecule has 2 atom stereocenters. The fourth-order valence-electron chi connectivity index (χ4n) is 1.74. The molecule has 0 spiro atoms. The van der Waals surface area contributed by atoms with Crippen molar-refractivity contribution in [2.45, 2.75) is 12.1 Å². The molecule has 0 aromatic carbocycles. The predicted octanol–water partition coefficient (Wildman–Crippen LogP) is -0.116. The van der Waals surface area contributed by atoms with Gasteiger partial charge in [0.15, 0.2) is 0 Å². The topological polar surface area (TPSA) is 68.3 Å². The number of hydrogen-bond donors (Lipinski definition) is 2. The first-order valence-corrected chi connectivity index (χ1v) is 5.20. The van der Waals surface area contributed by atoms with E-state index in [2.05, 4.69) is 20.6 Å². The van der Waals surface area contributed by atoms with Crippen molar-refractivity contribution < 1.29 is 9.47 Å². The number of anilines is 1. The van der Waals surface area contributed by atoms with Gasteiger partial charge in [0.1, 0.15) is 0 Å². The minimum atomic E-state index is 0.148. The van der Waals surface area contributed by atoms with Crippen LogP contribution in [0.4, 0.5) is 5.95 Å². The molecule has 1 aromatic heterocycles. The Morgan fingerprint density at radius 3 is 3.06 bits per heavy atom. The number of rotatable bonds is 4. The van der Waals surface area contributed by atoms with Gasteiger partial charge in [-0.05, 0) is 0 Å². The molecule has 1 fully saturated rings. The van der Waals surface area contributed by atoms with Gasteiger partial charge in [0.05, 0.1) is 19.3 Å². The lowest BCUT2D eigenvalue weighted by Crippen LogP contribution is -2.34. The lowest BCUT2D eigenvalue weighted by molar-refractivity contribution is 0.111. The van der Waals surface area contributed by atoms with Crippen LogP contribution in [0.3, 0.4) is 0 Å². The number of nitrogens with one attached hydrogen (secondary N) is 2. The van der Waals surface area contributed by atoms with Crippen LogP contribution in [0, 0.1) is 0 Å². The van der Waals surface area contributed by atoms with Gasteiger partial charge in [0, 0.05) is 32.5 Å². The van der Waals surface area contributed by atoms with Crippen LogP contribution < -0.4 is 15.4 Å². The van der Waals surface area contributed by atoms with Crippen molar-refractivity contribution in [1.82, 2.24) is 15.3 Å². The first kappa shape index (κ1) is 11.1. The van der Waals surface area contributed by atoms with Gasteiger partial charge in [-0.3, -0.25) is 0 Å². The SMILES string of the molecule is COc1ccnc(NC2CNC[C@@H]2OC)n1. The maximum Gasteiger partial charge on any atom is 0.226 e. The van der Waals surface area contributed by atoms with Crippen LogP contribution in [0.15, 0.2) is 12.3 Å². The van der Waals surface area contributed by atoms with Crippen molar-refractivity contribution in [3.8, 4) is 5.88 Å². The summed E-state index contributed by atoms with van der Waals surface area (Å²) in [6, 6.07) is 1.91. The summed E-state index contributed by atoms with van der Waals surface area (Å²) in [6.45, 7) is 1.69. The average Bonchev–Trinajstić information content (AvgIpc) is 2.76. The van der Waals surface area contributed by atoms with Crippen LogP contribution in [0.25, 0.3) is 0 Å². The molecule has 0 aliphatic carbocycles. The molecule has 0 saturated carbocycles. The van der Waals surface area contributed by atoms with Crippen molar-refractivity contribution in [3.05, 3.63) is 12.3 Å². The second-order valence-corrected chi connectivity index (χ2v) is 3.61. The summed E-state index contributed by atoms with van der Waals surface area (Å²) in [5, 5.41) is 6.47. The number of nitrogens with zero attached hydrogens (tertiary/aromatic N) is 2. The highest BCUT2D eigenvalue weighted by atomic mass is 16.5. The van der Waals surface area contributed by atoms with Crippen LogP contribution in [0.5, 0.6) is 5.88 Å². The molecule has 1 saturated heterocycles. The fraction of sp³-hybridized carbons (Fsp3) is 0.600. The Morgan fingerprint density at radius 2 is 2.31 bits per heavy atom. The molecule has 1 aliphatic rings. The zero-order valence-electron chi connectivity index (χ0n) is 9.43. The van der Waals surface area contributed by atoms with Gasteiger partial charge in [0.25, 0.3) is 0 Å². The molecular weight excluding hydrogens is 208 g/mol. The van der Waals surface area contributed by atoms with Gasteiger partial charge in [-0.25, -0.2) is 4.98 Å². The number of methoxy groups -OCH3 is 2. The first-order valence-electron chi connectivity index (χ1n) is 5.20. The van der Waals surface area contributed by atoms with Gasteiger partial charge in [-0.15, -0.1) is 0 Å². The van der Waals surface area contributed by atoms with E-state index in [1.165, 1.54) is 0 Å². The second kappa shape index (κ2) is 5.09. The highest BCUT2D eigenvalue weighted by molar-refractivity contribution is 5.30. The van der Waals surface area contributed by atoms with Crippen molar-refractivity contribution >= 4 is 5.95 Å². The molecule has 0 amide bonds. The van der Waals surface area contributed by atoms with Crippen LogP contribution >= 0.6 is 0 Å². The molecule has 6 nitrogen and oxygen atoms in total. The molecule has 2 N–H and O–H groups in total. The maximum absolute atomic E-state index is 5.34. The number of ether oxygens (including phenoxy) is 2. The predicted molar refractivity (Wildman–Crippen MR) is 59.7 cm³/mol. The zero-order chi connectivity index (χ0) is 11.4. The maximum atomic E-state index is 5.34. The molecule has 16 heavy (non-hydrogen) atoms. The van der Waals surface area contributed by atoms with Crippen LogP contribution in [-0.4, -0.2) is 49.4 Å². The van der Waals surface area contributed by atoms with Gasteiger partial charge in [0.2, 0.25) is 11.8 Å². The third kappa shape index (κ3) is 2.40. The summed E-state index contributed by atoms with van der Waals surface area (Å²) < 4.78 is 10.4. The molecule has 0 radical (unpaired) electrons. The Balaban J connectivity index is 2.02. The minimum absolute atomic E-state index is 0.148. The first-order chi connectivity index (χ1) is 7.83. The Labute approximate surface area is 94.4 Å². The van der Waals surface area contributed by atoms with E-state index in [0.717, 1.165) is 13.1 Å². The van der Waals surface area contributed by atoms with Crippen LogP contribution in [0.1, 0.15) is 0 Å². The summed E-state index contributed by atoms with van der Waals surface area (Å²) in [6.07, 6.45) is 1.81. The van der Waals surface area contributed by atoms with Gasteiger partial charge >= 0.3 is 0 Å². The highest BCUT2D eigenvalue weighted by Crippen LogP contribution is 2.12. The lowest BCUT2D eigenvalue weighted by Gasteiger charge is -2.18. The highest BCUT2D eigenvalue weighted by Gasteiger charge is 2.27. The van der Waals surface area contributed by atoms with Gasteiger partial charge in [-0.2, -0.15) is 4.98 Å². The van der Waals surface area contributed by atoms with E-state index in [-0.39, 0.29) is 12.1 Å². The smallest absolute Gasteiger partial charge is 0.226 e. The second-order valence-electron chi connectivity index (χ2n) is 3.61. The molecule has 1 unspecified atom stereocenters. The Morgan fingerprint density at radius 1 is 1.44 bits per heavy atom. The number of aromatic nitrogens is 2. The van der Waals surface area contributed by atoms with E-state index in [1.807, 2.05) is 0 Å². The summed E-state index contributed by atoms with van der Waals surface area (Å²) in [5.74, 6) is 1.12. The van der Waals surface area contributed by atoms with Crippen LogP contribution in [0.2, 0.25) is 0 Å². The van der Waals surface area contributed by atoms with Crippen molar-refractivity contribution in [3.63, 3.8) is 0 Å². The third-order valence-electron chi connectivity index (χ3n) is 2.61. The van der Waals surface area contributed by atoms with E-state index >= 15 is 0 Å². The van der Waals surface area contributed by atoms with Crippen molar-refractivity contribution in [2.75, 3.05) is 32.6 Å². The lowest BCUT2D eigenvalue weighted by atomic mass is 10.2. The molecule has 88 valence electrons. The Kier molecular flexibility index (Phi) is 3.53. The minimum Gasteiger partial charge on any atom is -0.481 e. The summed E-state index contributed by atoms with van der Waals surface area (Å²) >= 11 is 0. The van der Waals surface area contributed by atoms with Crippen molar-refractivity contribution in [1.29, 1.82) is 0 Å². The van der Waals surface area contributed by atoms with E-state index < -0.39 is 0 Å². The van der Waals surface area contributed by atoms with E-state index in [0.29, 0.717) is 11.8 Å². The van der Waals surface area contributed by atoms with E-state index in [1.54, 1.807) is 26.5 Å². The van der Waals surface area contributed by atoms with E-state index in [9.17, 15) is 0 Å². The molecule has 2 heterocycles. The normalized spacial score (nSPS) is 24.4. The standard InChI is InChI=1S/C10H16N4O2/c1-15-8-6-11-5-7(8)13-10-12-4-3-9(14-10)16-2/h3-4,7-8,11H,5-6H2,1-2H3,(H,12,13,14)/t7?,8-/m0/s1. The largest absolute Gasteiger partial charge is 0.481 e.